The minimum Gasteiger partial charge on any atom is -0.494 e. The lowest BCUT2D eigenvalue weighted by atomic mass is 9.97. The summed E-state index contributed by atoms with van der Waals surface area (Å²) < 4.78 is 5.39. The number of anilines is 2. The van der Waals surface area contributed by atoms with Gasteiger partial charge in [0.05, 0.1) is 6.61 Å². The SMILES string of the molecule is CCOc1ccc(NC(=O)c2ccc(NC(=O)C3CCNCC3)cc2)cc1. The Kier molecular flexibility index (Phi) is 6.44. The second-order valence-corrected chi connectivity index (χ2v) is 6.50. The van der Waals surface area contributed by atoms with Crippen LogP contribution in [0, 0.1) is 5.92 Å². The molecule has 142 valence electrons. The molecule has 1 fully saturated rings. The fraction of sp³-hybridized carbons (Fsp3) is 0.333. The second-order valence-electron chi connectivity index (χ2n) is 6.50. The van der Waals surface area contributed by atoms with E-state index < -0.39 is 0 Å². The Labute approximate surface area is 159 Å². The highest BCUT2D eigenvalue weighted by molar-refractivity contribution is 6.04. The van der Waals surface area contributed by atoms with Gasteiger partial charge in [-0.05, 0) is 81.4 Å². The molecular formula is C21H25N3O3. The summed E-state index contributed by atoms with van der Waals surface area (Å²) in [6.45, 7) is 4.28. The second kappa shape index (κ2) is 9.19. The van der Waals surface area contributed by atoms with Crippen molar-refractivity contribution in [1.29, 1.82) is 0 Å². The van der Waals surface area contributed by atoms with E-state index >= 15 is 0 Å². The highest BCUT2D eigenvalue weighted by atomic mass is 16.5. The Morgan fingerprint density at radius 3 is 2.19 bits per heavy atom. The molecule has 2 aromatic carbocycles. The van der Waals surface area contributed by atoms with E-state index in [0.717, 1.165) is 31.7 Å². The number of piperidine rings is 1. The minimum absolute atomic E-state index is 0.0445. The normalized spacial score (nSPS) is 14.4. The van der Waals surface area contributed by atoms with Crippen LogP contribution in [0.2, 0.25) is 0 Å². The van der Waals surface area contributed by atoms with Crippen molar-refractivity contribution >= 4 is 23.2 Å². The molecule has 6 nitrogen and oxygen atoms in total. The maximum atomic E-state index is 12.4. The first kappa shape index (κ1) is 18.9. The van der Waals surface area contributed by atoms with Crippen LogP contribution in [-0.4, -0.2) is 31.5 Å². The van der Waals surface area contributed by atoms with Gasteiger partial charge in [-0.3, -0.25) is 9.59 Å². The molecule has 0 aromatic heterocycles. The maximum absolute atomic E-state index is 12.4. The first-order valence-corrected chi connectivity index (χ1v) is 9.31. The van der Waals surface area contributed by atoms with Crippen LogP contribution in [0.4, 0.5) is 11.4 Å². The lowest BCUT2D eigenvalue weighted by molar-refractivity contribution is -0.120. The standard InChI is InChI=1S/C21H25N3O3/c1-2-27-19-9-7-18(8-10-19)24-20(25)15-3-5-17(6-4-15)23-21(26)16-11-13-22-14-12-16/h3-10,16,22H,2,11-14H2,1H3,(H,23,26)(H,24,25). The van der Waals surface area contributed by atoms with Gasteiger partial charge in [0, 0.05) is 22.9 Å². The summed E-state index contributed by atoms with van der Waals surface area (Å²) in [5.74, 6) is 0.664. The van der Waals surface area contributed by atoms with Gasteiger partial charge in [0.15, 0.2) is 0 Å². The van der Waals surface area contributed by atoms with Crippen LogP contribution < -0.4 is 20.7 Å². The molecule has 3 rings (SSSR count). The first-order valence-electron chi connectivity index (χ1n) is 9.31. The van der Waals surface area contributed by atoms with Crippen molar-refractivity contribution in [2.45, 2.75) is 19.8 Å². The monoisotopic (exact) mass is 367 g/mol. The van der Waals surface area contributed by atoms with Gasteiger partial charge >= 0.3 is 0 Å². The molecular weight excluding hydrogens is 342 g/mol. The predicted octanol–water partition coefficient (Wildman–Crippen LogP) is 3.28. The molecule has 3 N–H and O–H groups in total. The largest absolute Gasteiger partial charge is 0.494 e. The highest BCUT2D eigenvalue weighted by Crippen LogP contribution is 2.18. The fourth-order valence-electron chi connectivity index (χ4n) is 3.04. The molecule has 1 heterocycles. The van der Waals surface area contributed by atoms with Gasteiger partial charge in [-0.1, -0.05) is 0 Å². The van der Waals surface area contributed by atoms with Crippen molar-refractivity contribution in [1.82, 2.24) is 5.32 Å². The van der Waals surface area contributed by atoms with Crippen LogP contribution in [0.5, 0.6) is 5.75 Å². The zero-order valence-electron chi connectivity index (χ0n) is 15.5. The number of hydrogen-bond acceptors (Lipinski definition) is 4. The Morgan fingerprint density at radius 2 is 1.56 bits per heavy atom. The third kappa shape index (κ3) is 5.31. The van der Waals surface area contributed by atoms with Gasteiger partial charge in [-0.2, -0.15) is 0 Å². The summed E-state index contributed by atoms with van der Waals surface area (Å²) in [5, 5.41) is 9.04. The Balaban J connectivity index is 1.55. The topological polar surface area (TPSA) is 79.5 Å². The van der Waals surface area contributed by atoms with Gasteiger partial charge < -0.3 is 20.7 Å². The third-order valence-corrected chi connectivity index (χ3v) is 4.55. The molecule has 1 aliphatic rings. The smallest absolute Gasteiger partial charge is 0.255 e. The average molecular weight is 367 g/mol. The number of nitrogens with one attached hydrogen (secondary N) is 3. The van der Waals surface area contributed by atoms with Crippen molar-refractivity contribution in [2.24, 2.45) is 5.92 Å². The van der Waals surface area contributed by atoms with E-state index in [1.165, 1.54) is 0 Å². The summed E-state index contributed by atoms with van der Waals surface area (Å²) in [6, 6.07) is 14.2. The minimum atomic E-state index is -0.199. The average Bonchev–Trinajstić information content (AvgIpc) is 2.71. The van der Waals surface area contributed by atoms with E-state index in [4.69, 9.17) is 4.74 Å². The zero-order valence-corrected chi connectivity index (χ0v) is 15.5. The van der Waals surface area contributed by atoms with E-state index in [0.29, 0.717) is 23.5 Å². The molecule has 0 aliphatic carbocycles. The predicted molar refractivity (Wildman–Crippen MR) is 106 cm³/mol. The summed E-state index contributed by atoms with van der Waals surface area (Å²) in [4.78, 5) is 24.6. The molecule has 0 atom stereocenters. The Morgan fingerprint density at radius 1 is 0.963 bits per heavy atom. The van der Waals surface area contributed by atoms with Crippen molar-refractivity contribution in [2.75, 3.05) is 30.3 Å². The van der Waals surface area contributed by atoms with E-state index in [2.05, 4.69) is 16.0 Å². The fourth-order valence-corrected chi connectivity index (χ4v) is 3.04. The number of amides is 2. The number of ether oxygens (including phenoxy) is 1. The number of hydrogen-bond donors (Lipinski definition) is 3. The van der Waals surface area contributed by atoms with Gasteiger partial charge in [-0.15, -0.1) is 0 Å². The summed E-state index contributed by atoms with van der Waals surface area (Å²) in [5.41, 5.74) is 1.94. The third-order valence-electron chi connectivity index (χ3n) is 4.55. The Bertz CT molecular complexity index is 766. The molecule has 1 saturated heterocycles. The molecule has 0 bridgehead atoms. The molecule has 1 aliphatic heterocycles. The first-order chi connectivity index (χ1) is 13.2. The highest BCUT2D eigenvalue weighted by Gasteiger charge is 2.20. The van der Waals surface area contributed by atoms with Gasteiger partial charge in [0.2, 0.25) is 5.91 Å². The van der Waals surface area contributed by atoms with Crippen LogP contribution >= 0.6 is 0 Å². The molecule has 0 unspecified atom stereocenters. The Hall–Kier alpha value is -2.86. The summed E-state index contributed by atoms with van der Waals surface area (Å²) >= 11 is 0. The molecule has 0 saturated carbocycles. The van der Waals surface area contributed by atoms with E-state index in [1.807, 2.05) is 19.1 Å². The van der Waals surface area contributed by atoms with Gasteiger partial charge in [-0.25, -0.2) is 0 Å². The molecule has 2 aromatic rings. The van der Waals surface area contributed by atoms with Crippen molar-refractivity contribution < 1.29 is 14.3 Å². The maximum Gasteiger partial charge on any atom is 0.255 e. The molecule has 2 amide bonds. The summed E-state index contributed by atoms with van der Waals surface area (Å²) in [6.07, 6.45) is 1.71. The zero-order chi connectivity index (χ0) is 19.1. The van der Waals surface area contributed by atoms with Crippen LogP contribution in [0.1, 0.15) is 30.1 Å². The molecule has 0 spiro atoms. The summed E-state index contributed by atoms with van der Waals surface area (Å²) in [7, 11) is 0. The molecule has 0 radical (unpaired) electrons. The van der Waals surface area contributed by atoms with Crippen LogP contribution in [-0.2, 0) is 4.79 Å². The van der Waals surface area contributed by atoms with E-state index in [1.54, 1.807) is 36.4 Å². The van der Waals surface area contributed by atoms with Crippen LogP contribution in [0.25, 0.3) is 0 Å². The number of benzene rings is 2. The number of rotatable bonds is 6. The quantitative estimate of drug-likeness (QED) is 0.732. The molecule has 27 heavy (non-hydrogen) atoms. The van der Waals surface area contributed by atoms with Gasteiger partial charge in [0.25, 0.3) is 5.91 Å². The van der Waals surface area contributed by atoms with E-state index in [9.17, 15) is 9.59 Å². The number of carbonyl (C=O) groups is 2. The van der Waals surface area contributed by atoms with Gasteiger partial charge in [0.1, 0.15) is 5.75 Å². The molecule has 6 heteroatoms. The lowest BCUT2D eigenvalue weighted by Crippen LogP contribution is -2.34. The lowest BCUT2D eigenvalue weighted by Gasteiger charge is -2.21. The van der Waals surface area contributed by atoms with Crippen LogP contribution in [0.15, 0.2) is 48.5 Å². The number of carbonyl (C=O) groups excluding carboxylic acids is 2. The van der Waals surface area contributed by atoms with Crippen LogP contribution in [0.3, 0.4) is 0 Å². The van der Waals surface area contributed by atoms with Crippen molar-refractivity contribution in [3.05, 3.63) is 54.1 Å². The van der Waals surface area contributed by atoms with Crippen molar-refractivity contribution in [3.63, 3.8) is 0 Å². The van der Waals surface area contributed by atoms with E-state index in [-0.39, 0.29) is 17.7 Å². The van der Waals surface area contributed by atoms with Crippen molar-refractivity contribution in [3.8, 4) is 5.75 Å².